The fourth-order valence-corrected chi connectivity index (χ4v) is 4.23. The minimum atomic E-state index is 0.311. The first-order chi connectivity index (χ1) is 10.6. The fraction of sp³-hybridized carbons (Fsp3) is 0. The standard InChI is InChI=1S/C16H9I2N3O/c17-11-3-1-9(15(18)16(11)22)13-4-2-8-10-7-19-21-14(10)6-5-12(8)20-13/h1-7,22H,(H,19,21). The molecule has 0 fully saturated rings. The Hall–Kier alpha value is -1.42. The van der Waals surface area contributed by atoms with Gasteiger partial charge in [-0.2, -0.15) is 5.10 Å². The van der Waals surface area contributed by atoms with Crippen molar-refractivity contribution < 1.29 is 5.11 Å². The summed E-state index contributed by atoms with van der Waals surface area (Å²) in [6.07, 6.45) is 1.89. The molecule has 2 heterocycles. The quantitative estimate of drug-likeness (QED) is 0.364. The van der Waals surface area contributed by atoms with Crippen molar-refractivity contribution in [3.63, 3.8) is 0 Å². The summed E-state index contributed by atoms with van der Waals surface area (Å²) in [6.45, 7) is 0. The Labute approximate surface area is 153 Å². The first-order valence-corrected chi connectivity index (χ1v) is 8.71. The van der Waals surface area contributed by atoms with Gasteiger partial charge in [0.2, 0.25) is 0 Å². The van der Waals surface area contributed by atoms with Crippen LogP contribution in [-0.2, 0) is 0 Å². The predicted octanol–water partition coefficient (Wildman–Crippen LogP) is 4.69. The van der Waals surface area contributed by atoms with Crippen LogP contribution in [0, 0.1) is 7.14 Å². The van der Waals surface area contributed by atoms with E-state index in [0.717, 1.165) is 40.2 Å². The Morgan fingerprint density at radius 1 is 0.909 bits per heavy atom. The highest BCUT2D eigenvalue weighted by Crippen LogP contribution is 2.35. The molecule has 2 aromatic carbocycles. The van der Waals surface area contributed by atoms with Crippen molar-refractivity contribution in [2.45, 2.75) is 0 Å². The molecule has 0 bridgehead atoms. The third-order valence-corrected chi connectivity index (χ3v) is 5.59. The number of phenolic OH excluding ortho intramolecular Hbond substituents is 1. The summed E-state index contributed by atoms with van der Waals surface area (Å²) in [6, 6.07) is 11.9. The summed E-state index contributed by atoms with van der Waals surface area (Å²) >= 11 is 4.28. The van der Waals surface area contributed by atoms with Crippen molar-refractivity contribution in [2.24, 2.45) is 0 Å². The number of phenols is 1. The number of benzene rings is 2. The molecule has 108 valence electrons. The topological polar surface area (TPSA) is 61.8 Å². The van der Waals surface area contributed by atoms with Crippen LogP contribution in [0.3, 0.4) is 0 Å². The minimum Gasteiger partial charge on any atom is -0.506 e. The average Bonchev–Trinajstić information content (AvgIpc) is 3.01. The molecule has 2 N–H and O–H groups in total. The average molecular weight is 513 g/mol. The van der Waals surface area contributed by atoms with Gasteiger partial charge in [-0.15, -0.1) is 0 Å². The van der Waals surface area contributed by atoms with Crippen LogP contribution in [0.25, 0.3) is 33.1 Å². The molecule has 2 aromatic heterocycles. The van der Waals surface area contributed by atoms with Crippen molar-refractivity contribution in [3.8, 4) is 17.0 Å². The summed E-state index contributed by atoms with van der Waals surface area (Å²) < 4.78 is 1.66. The van der Waals surface area contributed by atoms with E-state index in [1.807, 2.05) is 36.5 Å². The van der Waals surface area contributed by atoms with Crippen LogP contribution in [0.4, 0.5) is 0 Å². The van der Waals surface area contributed by atoms with E-state index in [9.17, 15) is 5.11 Å². The summed E-state index contributed by atoms with van der Waals surface area (Å²) in [7, 11) is 0. The second-order valence-corrected chi connectivity index (χ2v) is 7.15. The number of H-pyrrole nitrogens is 1. The molecule has 4 aromatic rings. The zero-order valence-corrected chi connectivity index (χ0v) is 15.5. The monoisotopic (exact) mass is 513 g/mol. The van der Waals surface area contributed by atoms with Crippen molar-refractivity contribution >= 4 is 67.0 Å². The van der Waals surface area contributed by atoms with Gasteiger partial charge in [-0.1, -0.05) is 6.07 Å². The maximum atomic E-state index is 10.1. The molecular weight excluding hydrogens is 504 g/mol. The summed E-state index contributed by atoms with van der Waals surface area (Å²) in [5.74, 6) is 0.311. The first-order valence-electron chi connectivity index (χ1n) is 6.56. The van der Waals surface area contributed by atoms with E-state index in [-0.39, 0.29) is 0 Å². The highest BCUT2D eigenvalue weighted by molar-refractivity contribution is 14.1. The molecule has 0 atom stereocenters. The van der Waals surface area contributed by atoms with Crippen LogP contribution >= 0.6 is 45.2 Å². The Balaban J connectivity index is 1.97. The molecule has 0 radical (unpaired) electrons. The van der Waals surface area contributed by atoms with Crippen LogP contribution in [-0.4, -0.2) is 20.3 Å². The molecule has 0 amide bonds. The van der Waals surface area contributed by atoms with Gasteiger partial charge in [-0.3, -0.25) is 5.10 Å². The largest absolute Gasteiger partial charge is 0.506 e. The highest BCUT2D eigenvalue weighted by Gasteiger charge is 2.12. The number of pyridine rings is 1. The highest BCUT2D eigenvalue weighted by atomic mass is 127. The predicted molar refractivity (Wildman–Crippen MR) is 104 cm³/mol. The first kappa shape index (κ1) is 14.2. The molecule has 0 aliphatic heterocycles. The molecule has 0 saturated heterocycles. The van der Waals surface area contributed by atoms with Crippen LogP contribution < -0.4 is 0 Å². The molecule has 0 spiro atoms. The Bertz CT molecular complexity index is 1030. The summed E-state index contributed by atoms with van der Waals surface area (Å²) in [5.41, 5.74) is 3.64. The van der Waals surface area contributed by atoms with Gasteiger partial charge >= 0.3 is 0 Å². The van der Waals surface area contributed by atoms with Crippen molar-refractivity contribution in [1.82, 2.24) is 15.2 Å². The van der Waals surface area contributed by atoms with Gasteiger partial charge in [0.15, 0.2) is 0 Å². The molecule has 6 heteroatoms. The number of hydrogen-bond donors (Lipinski definition) is 2. The van der Waals surface area contributed by atoms with Gasteiger partial charge in [0.1, 0.15) is 5.75 Å². The van der Waals surface area contributed by atoms with Gasteiger partial charge in [0.25, 0.3) is 0 Å². The van der Waals surface area contributed by atoms with E-state index in [2.05, 4.69) is 61.4 Å². The zero-order valence-electron chi connectivity index (χ0n) is 11.1. The van der Waals surface area contributed by atoms with Crippen LogP contribution in [0.5, 0.6) is 5.75 Å². The van der Waals surface area contributed by atoms with E-state index >= 15 is 0 Å². The maximum Gasteiger partial charge on any atom is 0.142 e. The Morgan fingerprint density at radius 3 is 2.59 bits per heavy atom. The van der Waals surface area contributed by atoms with E-state index < -0.39 is 0 Å². The normalized spacial score (nSPS) is 11.4. The molecule has 0 aliphatic carbocycles. The van der Waals surface area contributed by atoms with Crippen LogP contribution in [0.2, 0.25) is 0 Å². The summed E-state index contributed by atoms with van der Waals surface area (Å²) in [5, 5.41) is 19.3. The number of hydrogen-bond acceptors (Lipinski definition) is 3. The molecule has 22 heavy (non-hydrogen) atoms. The number of rotatable bonds is 1. The van der Waals surface area contributed by atoms with Gasteiger partial charge in [0, 0.05) is 22.5 Å². The maximum absolute atomic E-state index is 10.1. The lowest BCUT2D eigenvalue weighted by molar-refractivity contribution is 0.468. The smallest absolute Gasteiger partial charge is 0.142 e. The molecule has 0 saturated carbocycles. The van der Waals surface area contributed by atoms with E-state index in [4.69, 9.17) is 4.98 Å². The lowest BCUT2D eigenvalue weighted by Crippen LogP contribution is -1.90. The Kier molecular flexibility index (Phi) is 3.44. The number of nitrogens with zero attached hydrogens (tertiary/aromatic N) is 2. The van der Waals surface area contributed by atoms with Crippen molar-refractivity contribution in [1.29, 1.82) is 0 Å². The number of aromatic nitrogens is 3. The van der Waals surface area contributed by atoms with Gasteiger partial charge in [0.05, 0.1) is 23.9 Å². The molecule has 0 unspecified atom stereocenters. The number of fused-ring (bicyclic) bond motifs is 3. The lowest BCUT2D eigenvalue weighted by atomic mass is 10.1. The number of aromatic hydroxyl groups is 1. The molecule has 0 aliphatic rings. The number of aromatic amines is 1. The lowest BCUT2D eigenvalue weighted by Gasteiger charge is -2.08. The molecular formula is C16H9I2N3O. The van der Waals surface area contributed by atoms with Crippen molar-refractivity contribution in [3.05, 3.63) is 49.7 Å². The third-order valence-electron chi connectivity index (χ3n) is 3.63. The second kappa shape index (κ2) is 5.34. The number of nitrogens with one attached hydrogen (secondary N) is 1. The third kappa shape index (κ3) is 2.16. The fourth-order valence-electron chi connectivity index (χ4n) is 2.52. The van der Waals surface area contributed by atoms with E-state index in [0.29, 0.717) is 5.75 Å². The van der Waals surface area contributed by atoms with Crippen LogP contribution in [0.1, 0.15) is 0 Å². The van der Waals surface area contributed by atoms with Gasteiger partial charge in [-0.05, 0) is 75.5 Å². The Morgan fingerprint density at radius 2 is 1.73 bits per heavy atom. The van der Waals surface area contributed by atoms with Crippen molar-refractivity contribution in [2.75, 3.05) is 0 Å². The van der Waals surface area contributed by atoms with Crippen LogP contribution in [0.15, 0.2) is 42.6 Å². The molecule has 4 rings (SSSR count). The van der Waals surface area contributed by atoms with E-state index in [1.165, 1.54) is 0 Å². The minimum absolute atomic E-state index is 0.311. The van der Waals surface area contributed by atoms with E-state index in [1.54, 1.807) is 0 Å². The second-order valence-electron chi connectivity index (χ2n) is 4.90. The van der Waals surface area contributed by atoms with Gasteiger partial charge in [-0.25, -0.2) is 4.98 Å². The summed E-state index contributed by atoms with van der Waals surface area (Å²) in [4.78, 5) is 4.75. The zero-order chi connectivity index (χ0) is 15.3. The SMILES string of the molecule is Oc1c(I)ccc(-c2ccc3c(ccc4n[nH]cc43)n2)c1I. The number of halogens is 2. The molecule has 4 nitrogen and oxygen atoms in total. The van der Waals surface area contributed by atoms with Gasteiger partial charge < -0.3 is 5.11 Å².